The van der Waals surface area contributed by atoms with E-state index in [1.165, 1.54) is 126 Å². The molecule has 3 aliphatic rings. The van der Waals surface area contributed by atoms with E-state index in [0.29, 0.717) is 0 Å². The van der Waals surface area contributed by atoms with E-state index in [9.17, 15) is 0 Å². The van der Waals surface area contributed by atoms with Gasteiger partial charge in [0.1, 0.15) is 0 Å². The summed E-state index contributed by atoms with van der Waals surface area (Å²) in [6, 6.07) is 71.0. The molecule has 0 N–H and O–H groups in total. The smallest absolute Gasteiger partial charge is 0.0465 e. The molecule has 1 heteroatoms. The molecule has 1 saturated carbocycles. The second-order valence-electron chi connectivity index (χ2n) is 17.9. The summed E-state index contributed by atoms with van der Waals surface area (Å²) in [7, 11) is 0. The summed E-state index contributed by atoms with van der Waals surface area (Å²) in [5.74, 6) is 0. The Morgan fingerprint density at radius 1 is 0.367 bits per heavy atom. The molecule has 9 aromatic carbocycles. The summed E-state index contributed by atoms with van der Waals surface area (Å²) in [5.41, 5.74) is 20.0. The maximum Gasteiger partial charge on any atom is 0.0465 e. The van der Waals surface area contributed by atoms with Crippen molar-refractivity contribution in [2.75, 3.05) is 4.90 Å². The molecule has 0 unspecified atom stereocenters. The fourth-order valence-corrected chi connectivity index (χ4v) is 11.7. The molecule has 0 heterocycles. The molecular weight excluding hydrogens is 723 g/mol. The van der Waals surface area contributed by atoms with Crippen LogP contribution in [0.2, 0.25) is 0 Å². The first-order valence-corrected chi connectivity index (χ1v) is 21.9. The average Bonchev–Trinajstić information content (AvgIpc) is 3.71. The van der Waals surface area contributed by atoms with Crippen molar-refractivity contribution in [1.29, 1.82) is 0 Å². The molecule has 288 valence electrons. The fraction of sp³-hybridized carbons (Fsp3) is 0.153. The average molecular weight is 770 g/mol. The fourth-order valence-electron chi connectivity index (χ4n) is 11.7. The lowest BCUT2D eigenvalue weighted by molar-refractivity contribution is 0.353. The van der Waals surface area contributed by atoms with E-state index in [1.807, 2.05) is 0 Å². The second kappa shape index (κ2) is 13.4. The highest BCUT2D eigenvalue weighted by Gasteiger charge is 2.44. The zero-order valence-electron chi connectivity index (χ0n) is 34.4. The standard InChI is InChI=1S/C59H47N/c1-58(2)54-22-8-6-17-51(54)53-21-13-19-47(57(53)58)41-26-31-43(32-27-41)60(44-33-35-52-50-16-7-9-23-55(50)59(56(52)38-44)36-10-3-11-37-59)42-29-24-40(25-30-42)46-18-12-20-48-45-15-5-4-14-39(45)28-34-49(46)48/h4-9,12-35,38H,3,10-11,36-37H2,1-2H3. The van der Waals surface area contributed by atoms with Gasteiger partial charge in [-0.05, 0) is 138 Å². The zero-order chi connectivity index (χ0) is 40.0. The van der Waals surface area contributed by atoms with Gasteiger partial charge in [-0.15, -0.1) is 0 Å². The van der Waals surface area contributed by atoms with Crippen molar-refractivity contribution in [3.8, 4) is 44.5 Å². The molecule has 0 radical (unpaired) electrons. The van der Waals surface area contributed by atoms with Crippen molar-refractivity contribution in [3.05, 3.63) is 210 Å². The van der Waals surface area contributed by atoms with Gasteiger partial charge in [0.15, 0.2) is 0 Å². The topological polar surface area (TPSA) is 3.24 Å². The third-order valence-electron chi connectivity index (χ3n) is 14.5. The van der Waals surface area contributed by atoms with Crippen LogP contribution < -0.4 is 4.90 Å². The van der Waals surface area contributed by atoms with Crippen molar-refractivity contribution >= 4 is 38.6 Å². The first-order valence-electron chi connectivity index (χ1n) is 21.9. The maximum atomic E-state index is 2.54. The number of fused-ring (bicyclic) bond motifs is 11. The monoisotopic (exact) mass is 769 g/mol. The van der Waals surface area contributed by atoms with Crippen molar-refractivity contribution in [1.82, 2.24) is 0 Å². The molecular formula is C59H47N. The molecule has 12 rings (SSSR count). The minimum atomic E-state index is -0.0801. The lowest BCUT2D eigenvalue weighted by atomic mass is 9.68. The van der Waals surface area contributed by atoms with Gasteiger partial charge >= 0.3 is 0 Å². The molecule has 1 fully saturated rings. The lowest BCUT2D eigenvalue weighted by Crippen LogP contribution is -2.28. The molecule has 0 amide bonds. The Balaban J connectivity index is 0.989. The van der Waals surface area contributed by atoms with Gasteiger partial charge in [-0.25, -0.2) is 0 Å². The zero-order valence-corrected chi connectivity index (χ0v) is 34.4. The van der Waals surface area contributed by atoms with Crippen LogP contribution in [0.3, 0.4) is 0 Å². The number of benzene rings is 9. The summed E-state index contributed by atoms with van der Waals surface area (Å²) in [6.07, 6.45) is 6.31. The summed E-state index contributed by atoms with van der Waals surface area (Å²) in [6.45, 7) is 4.76. The van der Waals surface area contributed by atoms with Crippen LogP contribution in [0.4, 0.5) is 17.1 Å². The van der Waals surface area contributed by atoms with Crippen LogP contribution in [0.25, 0.3) is 66.1 Å². The summed E-state index contributed by atoms with van der Waals surface area (Å²) in [5, 5.41) is 5.15. The first kappa shape index (κ1) is 35.3. The predicted octanol–water partition coefficient (Wildman–Crippen LogP) is 16.3. The molecule has 0 aliphatic heterocycles. The van der Waals surface area contributed by atoms with Gasteiger partial charge in [0, 0.05) is 27.9 Å². The van der Waals surface area contributed by atoms with E-state index >= 15 is 0 Å². The van der Waals surface area contributed by atoms with Crippen molar-refractivity contribution in [3.63, 3.8) is 0 Å². The van der Waals surface area contributed by atoms with Crippen molar-refractivity contribution in [2.45, 2.75) is 56.8 Å². The normalized spacial score (nSPS) is 15.4. The minimum absolute atomic E-state index is 0.0795. The highest BCUT2D eigenvalue weighted by molar-refractivity contribution is 6.12. The van der Waals surface area contributed by atoms with Crippen LogP contribution in [-0.4, -0.2) is 0 Å². The first-order chi connectivity index (χ1) is 29.5. The largest absolute Gasteiger partial charge is 0.310 e. The molecule has 60 heavy (non-hydrogen) atoms. The van der Waals surface area contributed by atoms with Crippen LogP contribution in [0, 0.1) is 0 Å². The number of rotatable bonds is 5. The lowest BCUT2D eigenvalue weighted by Gasteiger charge is -2.36. The summed E-state index contributed by atoms with van der Waals surface area (Å²) in [4.78, 5) is 2.49. The van der Waals surface area contributed by atoms with Gasteiger partial charge in [0.05, 0.1) is 0 Å². The molecule has 1 spiro atoms. The van der Waals surface area contributed by atoms with E-state index in [2.05, 4.69) is 207 Å². The number of anilines is 3. The second-order valence-corrected chi connectivity index (χ2v) is 17.9. The Morgan fingerprint density at radius 2 is 0.917 bits per heavy atom. The van der Waals surface area contributed by atoms with Gasteiger partial charge < -0.3 is 4.90 Å². The molecule has 0 saturated heterocycles. The minimum Gasteiger partial charge on any atom is -0.310 e. The third-order valence-corrected chi connectivity index (χ3v) is 14.5. The van der Waals surface area contributed by atoms with Gasteiger partial charge in [-0.1, -0.05) is 185 Å². The van der Waals surface area contributed by atoms with Gasteiger partial charge in [-0.2, -0.15) is 0 Å². The van der Waals surface area contributed by atoms with E-state index in [0.717, 1.165) is 11.4 Å². The third kappa shape index (κ3) is 5.18. The molecule has 0 aromatic heterocycles. The summed E-state index contributed by atoms with van der Waals surface area (Å²) >= 11 is 0. The predicted molar refractivity (Wildman–Crippen MR) is 254 cm³/mol. The Bertz CT molecular complexity index is 3140. The highest BCUT2D eigenvalue weighted by Crippen LogP contribution is 2.57. The van der Waals surface area contributed by atoms with Crippen LogP contribution in [0.15, 0.2) is 188 Å². The SMILES string of the molecule is CC1(C)c2ccccc2-c2cccc(-c3ccc(N(c4ccc(-c5cccc6c5ccc5ccccc56)cc4)c4ccc5c(c4)C4(CCCCC4)c4ccccc4-5)cc3)c21. The Labute approximate surface area is 353 Å². The number of hydrogen-bond donors (Lipinski definition) is 0. The quantitative estimate of drug-likeness (QED) is 0.158. The molecule has 9 aromatic rings. The van der Waals surface area contributed by atoms with E-state index in [1.54, 1.807) is 0 Å². The highest BCUT2D eigenvalue weighted by atomic mass is 15.1. The van der Waals surface area contributed by atoms with Crippen molar-refractivity contribution < 1.29 is 0 Å². The Kier molecular flexibility index (Phi) is 7.88. The van der Waals surface area contributed by atoms with E-state index in [4.69, 9.17) is 0 Å². The van der Waals surface area contributed by atoms with Crippen LogP contribution in [0.5, 0.6) is 0 Å². The van der Waals surface area contributed by atoms with Gasteiger partial charge in [0.25, 0.3) is 0 Å². The Hall–Kier alpha value is -6.70. The maximum absolute atomic E-state index is 2.54. The summed E-state index contributed by atoms with van der Waals surface area (Å²) < 4.78 is 0. The Morgan fingerprint density at radius 3 is 1.68 bits per heavy atom. The molecule has 0 atom stereocenters. The number of nitrogens with zero attached hydrogens (tertiary/aromatic N) is 1. The van der Waals surface area contributed by atoms with E-state index in [-0.39, 0.29) is 10.8 Å². The van der Waals surface area contributed by atoms with Gasteiger partial charge in [-0.3, -0.25) is 0 Å². The molecule has 0 bridgehead atoms. The van der Waals surface area contributed by atoms with Crippen LogP contribution in [-0.2, 0) is 10.8 Å². The van der Waals surface area contributed by atoms with Crippen molar-refractivity contribution in [2.24, 2.45) is 0 Å². The van der Waals surface area contributed by atoms with Crippen LogP contribution >= 0.6 is 0 Å². The van der Waals surface area contributed by atoms with Gasteiger partial charge in [0.2, 0.25) is 0 Å². The molecule has 1 nitrogen and oxygen atoms in total. The van der Waals surface area contributed by atoms with E-state index < -0.39 is 0 Å². The number of hydrogen-bond acceptors (Lipinski definition) is 1. The van der Waals surface area contributed by atoms with Crippen LogP contribution in [0.1, 0.15) is 68.2 Å². The molecule has 3 aliphatic carbocycles.